The first kappa shape index (κ1) is 21.0. The van der Waals surface area contributed by atoms with Crippen LogP contribution in [0.3, 0.4) is 0 Å². The molecule has 0 aliphatic rings. The average molecular weight is 341 g/mol. The Labute approximate surface area is 149 Å². The van der Waals surface area contributed by atoms with Crippen LogP contribution in [-0.2, 0) is 5.41 Å². The van der Waals surface area contributed by atoms with Gasteiger partial charge in [-0.25, -0.2) is 4.79 Å². The van der Waals surface area contributed by atoms with Gasteiger partial charge in [-0.2, -0.15) is 0 Å². The van der Waals surface area contributed by atoms with Crippen molar-refractivity contribution in [1.82, 2.24) is 10.1 Å². The molecule has 4 nitrogen and oxygen atoms in total. The lowest BCUT2D eigenvalue weighted by atomic mass is 9.81. The van der Waals surface area contributed by atoms with E-state index in [-0.39, 0.29) is 6.84 Å². The Kier molecular flexibility index (Phi) is 10.8. The van der Waals surface area contributed by atoms with Gasteiger partial charge in [-0.05, 0) is 12.8 Å². The van der Waals surface area contributed by atoms with Crippen LogP contribution in [0.4, 0.5) is 0 Å². The fourth-order valence-corrected chi connectivity index (χ4v) is 3.31. The van der Waals surface area contributed by atoms with Gasteiger partial charge in [0, 0.05) is 6.84 Å². The third-order valence-corrected chi connectivity index (χ3v) is 5.37. The van der Waals surface area contributed by atoms with Crippen LogP contribution in [0.25, 0.3) is 0 Å². The molecule has 1 heterocycles. The Bertz CT molecular complexity index is 472. The van der Waals surface area contributed by atoms with Gasteiger partial charge in [-0.1, -0.05) is 103 Å². The van der Waals surface area contributed by atoms with Gasteiger partial charge in [0.25, 0.3) is 0 Å². The molecule has 0 aromatic carbocycles. The van der Waals surface area contributed by atoms with Gasteiger partial charge >= 0.3 is 5.76 Å². The van der Waals surface area contributed by atoms with Crippen molar-refractivity contribution in [3.8, 4) is 0 Å². The summed E-state index contributed by atoms with van der Waals surface area (Å²) >= 11 is 0. The molecule has 0 spiro atoms. The Morgan fingerprint density at radius 3 is 1.83 bits per heavy atom. The predicted molar refractivity (Wildman–Crippen MR) is 103 cm³/mol. The van der Waals surface area contributed by atoms with Crippen LogP contribution in [-0.4, -0.2) is 10.1 Å². The smallest absolute Gasteiger partial charge is 0.296 e. The summed E-state index contributed by atoms with van der Waals surface area (Å²) in [6.45, 7) is 6.58. The molecule has 0 saturated carbocycles. The molecule has 1 rings (SSSR count). The molecule has 0 fully saturated rings. The summed E-state index contributed by atoms with van der Waals surface area (Å²) in [6, 6.07) is 0. The molecular weight excluding hydrogens is 300 g/mol. The molecule has 24 heavy (non-hydrogen) atoms. The highest BCUT2D eigenvalue weighted by atomic mass is 16.5. The molecule has 1 aromatic heterocycles. The van der Waals surface area contributed by atoms with Gasteiger partial charge in [0.05, 0.1) is 0 Å². The van der Waals surface area contributed by atoms with Crippen molar-refractivity contribution in [2.75, 3.05) is 0 Å². The van der Waals surface area contributed by atoms with Crippen molar-refractivity contribution in [3.63, 3.8) is 0 Å². The molecule has 1 aromatic rings. The minimum Gasteiger partial charge on any atom is -0.296 e. The Morgan fingerprint density at radius 1 is 0.917 bits per heavy atom. The average Bonchev–Trinajstić information content (AvgIpc) is 3.03. The molecule has 142 valence electrons. The second-order valence-electron chi connectivity index (χ2n) is 7.50. The second-order valence-corrected chi connectivity index (χ2v) is 7.50. The monoisotopic (exact) mass is 340 g/mol. The molecule has 0 saturated heterocycles. The maximum atomic E-state index is 11.1. The van der Waals surface area contributed by atoms with E-state index in [4.69, 9.17) is 0 Å². The van der Waals surface area contributed by atoms with Crippen molar-refractivity contribution in [2.45, 2.75) is 116 Å². The number of nitrogens with one attached hydrogen (secondary N) is 1. The normalized spacial score (nSPS) is 14.0. The summed E-state index contributed by atoms with van der Waals surface area (Å²) in [6.07, 6.45) is 18.4. The zero-order valence-corrected chi connectivity index (χ0v) is 16.2. The maximum Gasteiger partial charge on any atom is 0.438 e. The number of nitrogens with zero attached hydrogens (tertiary/aromatic N) is 1. The lowest BCUT2D eigenvalue weighted by molar-refractivity contribution is 0.333. The van der Waals surface area contributed by atoms with Crippen LogP contribution in [0.1, 0.15) is 118 Å². The number of hydrogen-bond acceptors (Lipinski definition) is 3. The molecule has 4 heteroatoms. The van der Waals surface area contributed by atoms with E-state index < -0.39 is 5.76 Å². The zero-order chi connectivity index (χ0) is 17.7. The fraction of sp³-hybridized carbons (Fsp3) is 0.900. The van der Waals surface area contributed by atoms with Gasteiger partial charge in [-0.3, -0.25) is 9.51 Å². The van der Waals surface area contributed by atoms with Crippen molar-refractivity contribution >= 4 is 0 Å². The fourth-order valence-electron chi connectivity index (χ4n) is 3.31. The van der Waals surface area contributed by atoms with E-state index in [1.54, 1.807) is 0 Å². The summed E-state index contributed by atoms with van der Waals surface area (Å²) in [7, 11) is 0. The van der Waals surface area contributed by atoms with Crippen molar-refractivity contribution in [2.24, 2.45) is 0 Å². The van der Waals surface area contributed by atoms with E-state index in [1.165, 1.54) is 77.0 Å². The number of aromatic amines is 1. The number of unbranched alkanes of at least 4 members (excludes halogenated alkanes) is 11. The molecule has 0 aliphatic carbocycles. The van der Waals surface area contributed by atoms with E-state index in [0.717, 1.165) is 12.8 Å². The van der Waals surface area contributed by atoms with Crippen LogP contribution < -0.4 is 5.76 Å². The quantitative estimate of drug-likeness (QED) is 0.377. The highest BCUT2D eigenvalue weighted by Gasteiger charge is 2.28. The molecule has 0 radical (unpaired) electrons. The van der Waals surface area contributed by atoms with Gasteiger partial charge in [0.15, 0.2) is 5.82 Å². The lowest BCUT2D eigenvalue weighted by Gasteiger charge is -2.24. The first-order valence-electron chi connectivity index (χ1n) is 10.2. The lowest BCUT2D eigenvalue weighted by Crippen LogP contribution is -2.23. The third kappa shape index (κ3) is 8.16. The number of H-pyrrole nitrogens is 1. The van der Waals surface area contributed by atoms with E-state index >= 15 is 0 Å². The molecular formula is C20H40N2O2. The van der Waals surface area contributed by atoms with Crippen LogP contribution in [0.15, 0.2) is 9.32 Å². The number of rotatable bonds is 15. The highest BCUT2D eigenvalue weighted by molar-refractivity contribution is 5.02. The van der Waals surface area contributed by atoms with Gasteiger partial charge in [0.1, 0.15) is 0 Å². The van der Waals surface area contributed by atoms with Crippen molar-refractivity contribution < 1.29 is 5.95 Å². The highest BCUT2D eigenvalue weighted by Crippen LogP contribution is 2.30. The predicted octanol–water partition coefficient (Wildman–Crippen LogP) is 6.37. The van der Waals surface area contributed by atoms with Gasteiger partial charge in [-0.15, -0.1) is 0 Å². The zero-order valence-electron chi connectivity index (χ0n) is 16.2. The Morgan fingerprint density at radius 2 is 1.42 bits per heavy atom. The Balaban J connectivity index is 0.00000576. The largest absolute Gasteiger partial charge is 0.438 e. The van der Waals surface area contributed by atoms with E-state index in [9.17, 15) is 4.79 Å². The second kappa shape index (κ2) is 12.3. The van der Waals surface area contributed by atoms with Crippen molar-refractivity contribution in [3.05, 3.63) is 16.4 Å². The number of aromatic nitrogens is 2. The first-order chi connectivity index (χ1) is 11.6. The standard InChI is InChI=1S/C20H38N2O2.H2/c1-4-6-7-8-9-10-11-12-13-14-15-16-17-20(3,5-2)18-21-19(23)24-22-18;/h4-17H2,1-3H3,(H,21,22,23);1H. The van der Waals surface area contributed by atoms with Gasteiger partial charge in [0.2, 0.25) is 0 Å². The van der Waals surface area contributed by atoms with E-state index in [1.807, 2.05) is 0 Å². The molecule has 1 unspecified atom stereocenters. The summed E-state index contributed by atoms with van der Waals surface area (Å²) in [5.74, 6) is 0.262. The SMILES string of the molecule is CCCCCCCCCCCCCCC(C)(CC)c1noc(=O)[nH]1.[HH]. The first-order valence-corrected chi connectivity index (χ1v) is 10.2. The minimum atomic E-state index is -0.445. The van der Waals surface area contributed by atoms with Crippen LogP contribution in [0, 0.1) is 0 Å². The molecule has 0 aliphatic heterocycles. The number of hydrogen-bond donors (Lipinski definition) is 1. The molecule has 1 atom stereocenters. The topological polar surface area (TPSA) is 58.9 Å². The molecule has 1 N–H and O–H groups in total. The third-order valence-electron chi connectivity index (χ3n) is 5.37. The minimum absolute atomic E-state index is 0. The van der Waals surface area contributed by atoms with Gasteiger partial charge < -0.3 is 0 Å². The van der Waals surface area contributed by atoms with Crippen LogP contribution >= 0.6 is 0 Å². The van der Waals surface area contributed by atoms with E-state index in [2.05, 4.69) is 35.4 Å². The maximum absolute atomic E-state index is 11.1. The summed E-state index contributed by atoms with van der Waals surface area (Å²) in [5.41, 5.74) is -0.0648. The summed E-state index contributed by atoms with van der Waals surface area (Å²) in [5, 5.41) is 3.89. The Hall–Kier alpha value is -1.06. The van der Waals surface area contributed by atoms with Crippen LogP contribution in [0.5, 0.6) is 0 Å². The molecule has 0 amide bonds. The van der Waals surface area contributed by atoms with Crippen molar-refractivity contribution in [1.29, 1.82) is 0 Å². The van der Waals surface area contributed by atoms with Crippen LogP contribution in [0.2, 0.25) is 0 Å². The summed E-state index contributed by atoms with van der Waals surface area (Å²) < 4.78 is 4.66. The summed E-state index contributed by atoms with van der Waals surface area (Å²) in [4.78, 5) is 13.9. The van der Waals surface area contributed by atoms with E-state index in [0.29, 0.717) is 5.82 Å². The molecule has 0 bridgehead atoms.